The van der Waals surface area contributed by atoms with Gasteiger partial charge < -0.3 is 9.84 Å². The molecule has 1 aliphatic rings. The third-order valence-electron chi connectivity index (χ3n) is 4.11. The second kappa shape index (κ2) is 9.34. The number of aromatic nitrogens is 2. The van der Waals surface area contributed by atoms with Crippen molar-refractivity contribution >= 4 is 17.3 Å². The molecule has 0 amide bonds. The number of fused-ring (bicyclic) bond motifs is 1. The lowest BCUT2D eigenvalue weighted by Gasteiger charge is -2.32. The van der Waals surface area contributed by atoms with Gasteiger partial charge >= 0.3 is 12.1 Å². The zero-order chi connectivity index (χ0) is 20.0. The number of hydrogen-bond donors (Lipinski definition) is 1. The van der Waals surface area contributed by atoms with Crippen molar-refractivity contribution in [3.63, 3.8) is 0 Å². The maximum Gasteiger partial charge on any atom is 0.490 e. The summed E-state index contributed by atoms with van der Waals surface area (Å²) >= 11 is 1.83. The number of carbonyl (C=O) groups is 1. The minimum Gasteiger partial charge on any atom is -0.475 e. The first-order valence-corrected chi connectivity index (χ1v) is 9.23. The second-order valence-electron chi connectivity index (χ2n) is 6.08. The third-order valence-corrected chi connectivity index (χ3v) is 4.97. The second-order valence-corrected chi connectivity index (χ2v) is 7.11. The van der Waals surface area contributed by atoms with Crippen molar-refractivity contribution < 1.29 is 27.8 Å². The molecule has 3 rings (SSSR count). The zero-order valence-electron chi connectivity index (χ0n) is 15.1. The molecule has 0 aromatic carbocycles. The summed E-state index contributed by atoms with van der Waals surface area (Å²) in [6.07, 6.45) is -3.07. The van der Waals surface area contributed by atoms with Crippen LogP contribution >= 0.6 is 11.3 Å². The Labute approximate surface area is 159 Å². The Morgan fingerprint density at radius 1 is 1.48 bits per heavy atom. The molecule has 0 aliphatic carbocycles. The van der Waals surface area contributed by atoms with Crippen LogP contribution in [0.2, 0.25) is 0 Å². The quantitative estimate of drug-likeness (QED) is 0.827. The normalized spacial score (nSPS) is 17.1. The number of nitrogens with zero attached hydrogens (tertiary/aromatic N) is 3. The predicted octanol–water partition coefficient (Wildman–Crippen LogP) is 3.25. The van der Waals surface area contributed by atoms with Crippen LogP contribution in [0.5, 0.6) is 0 Å². The zero-order valence-corrected chi connectivity index (χ0v) is 15.9. The molecule has 1 unspecified atom stereocenters. The van der Waals surface area contributed by atoms with Crippen LogP contribution < -0.4 is 0 Å². The molecule has 0 fully saturated rings. The number of thiophene rings is 1. The molecule has 1 N–H and O–H groups in total. The van der Waals surface area contributed by atoms with E-state index < -0.39 is 12.1 Å². The molecule has 6 nitrogen and oxygen atoms in total. The number of aliphatic carboxylic acids is 1. The average molecular weight is 405 g/mol. The predicted molar refractivity (Wildman–Crippen MR) is 94.6 cm³/mol. The summed E-state index contributed by atoms with van der Waals surface area (Å²) in [7, 11) is 2.03. The first-order chi connectivity index (χ1) is 12.7. The van der Waals surface area contributed by atoms with Crippen molar-refractivity contribution in [2.75, 3.05) is 19.8 Å². The van der Waals surface area contributed by atoms with Gasteiger partial charge in [0.1, 0.15) is 0 Å². The minimum atomic E-state index is -5.08. The van der Waals surface area contributed by atoms with Crippen LogP contribution in [0.15, 0.2) is 23.7 Å². The van der Waals surface area contributed by atoms with Gasteiger partial charge in [0.25, 0.3) is 0 Å². The highest BCUT2D eigenvalue weighted by molar-refractivity contribution is 7.09. The van der Waals surface area contributed by atoms with Gasteiger partial charge in [-0.3, -0.25) is 9.58 Å². The van der Waals surface area contributed by atoms with Gasteiger partial charge in [-0.1, -0.05) is 6.07 Å². The molecule has 0 radical (unpaired) electrons. The van der Waals surface area contributed by atoms with Gasteiger partial charge in [0.05, 0.1) is 18.5 Å². The van der Waals surface area contributed by atoms with Gasteiger partial charge in [-0.05, 0) is 18.4 Å². The van der Waals surface area contributed by atoms with Gasteiger partial charge in [0.15, 0.2) is 0 Å². The monoisotopic (exact) mass is 405 g/mol. The van der Waals surface area contributed by atoms with Gasteiger partial charge in [0, 0.05) is 49.6 Å². The van der Waals surface area contributed by atoms with Crippen molar-refractivity contribution in [2.45, 2.75) is 32.1 Å². The number of carboxylic acids is 1. The van der Waals surface area contributed by atoms with E-state index in [1.54, 1.807) is 0 Å². The summed E-state index contributed by atoms with van der Waals surface area (Å²) in [6, 6.07) is 4.33. The summed E-state index contributed by atoms with van der Waals surface area (Å²) in [4.78, 5) is 12.8. The highest BCUT2D eigenvalue weighted by atomic mass is 32.1. The molecule has 0 saturated carbocycles. The fraction of sp³-hybridized carbons (Fsp3) is 0.529. The van der Waals surface area contributed by atoms with Gasteiger partial charge in [-0.2, -0.15) is 18.3 Å². The summed E-state index contributed by atoms with van der Waals surface area (Å²) < 4.78 is 39.4. The molecular formula is C17H22F3N3O3S. The van der Waals surface area contributed by atoms with Crippen molar-refractivity contribution in [3.8, 4) is 0 Å². The summed E-state index contributed by atoms with van der Waals surface area (Å²) in [5.74, 6) is -2.32. The van der Waals surface area contributed by atoms with Crippen LogP contribution in [0.1, 0.15) is 29.0 Å². The van der Waals surface area contributed by atoms with Crippen LogP contribution in [0.4, 0.5) is 13.2 Å². The summed E-state index contributed by atoms with van der Waals surface area (Å²) in [5, 5.41) is 13.7. The smallest absolute Gasteiger partial charge is 0.475 e. The Morgan fingerprint density at radius 2 is 2.19 bits per heavy atom. The number of alkyl halides is 3. The molecule has 2 aromatic heterocycles. The van der Waals surface area contributed by atoms with Crippen LogP contribution in [0.25, 0.3) is 0 Å². The molecule has 150 valence electrons. The van der Waals surface area contributed by atoms with Gasteiger partial charge in [-0.25, -0.2) is 4.79 Å². The highest BCUT2D eigenvalue weighted by Crippen LogP contribution is 2.29. The molecule has 0 bridgehead atoms. The number of halogens is 3. The average Bonchev–Trinajstić information content (AvgIpc) is 3.23. The van der Waals surface area contributed by atoms with Crippen molar-refractivity contribution in [3.05, 3.63) is 39.8 Å². The van der Waals surface area contributed by atoms with E-state index in [4.69, 9.17) is 14.6 Å². The number of ether oxygens (including phenoxy) is 1. The SMILES string of the molecule is CCOCC1CN(Cc2cccs2)Cc2c1cnn2C.O=C(O)C(F)(F)F. The van der Waals surface area contributed by atoms with E-state index in [-0.39, 0.29) is 0 Å². The van der Waals surface area contributed by atoms with E-state index in [2.05, 4.69) is 34.4 Å². The molecule has 27 heavy (non-hydrogen) atoms. The maximum absolute atomic E-state index is 10.6. The lowest BCUT2D eigenvalue weighted by atomic mass is 9.95. The number of aryl methyl sites for hydroxylation is 1. The first kappa shape index (κ1) is 21.4. The van der Waals surface area contributed by atoms with Crippen LogP contribution in [0, 0.1) is 0 Å². The summed E-state index contributed by atoms with van der Waals surface area (Å²) in [6.45, 7) is 6.66. The van der Waals surface area contributed by atoms with Crippen LogP contribution in [-0.4, -0.2) is 51.7 Å². The molecule has 0 spiro atoms. The van der Waals surface area contributed by atoms with E-state index in [1.165, 1.54) is 16.1 Å². The van der Waals surface area contributed by atoms with E-state index in [0.717, 1.165) is 32.8 Å². The minimum absolute atomic E-state index is 0.437. The van der Waals surface area contributed by atoms with Crippen LogP contribution in [0.3, 0.4) is 0 Å². The lowest BCUT2D eigenvalue weighted by Crippen LogP contribution is -2.35. The van der Waals surface area contributed by atoms with E-state index in [1.807, 2.05) is 29.3 Å². The maximum atomic E-state index is 10.6. The Kier molecular flexibility index (Phi) is 7.40. The number of hydrogen-bond acceptors (Lipinski definition) is 5. The van der Waals surface area contributed by atoms with E-state index in [9.17, 15) is 13.2 Å². The highest BCUT2D eigenvalue weighted by Gasteiger charge is 2.38. The molecule has 2 aromatic rings. The van der Waals surface area contributed by atoms with Gasteiger partial charge in [0.2, 0.25) is 0 Å². The lowest BCUT2D eigenvalue weighted by molar-refractivity contribution is -0.192. The first-order valence-electron chi connectivity index (χ1n) is 8.35. The Hall–Kier alpha value is -1.91. The molecule has 1 aliphatic heterocycles. The summed E-state index contributed by atoms with van der Waals surface area (Å²) in [5.41, 5.74) is 2.70. The molecule has 10 heteroatoms. The Morgan fingerprint density at radius 3 is 2.74 bits per heavy atom. The molecular weight excluding hydrogens is 383 g/mol. The van der Waals surface area contributed by atoms with E-state index in [0.29, 0.717) is 5.92 Å². The largest absolute Gasteiger partial charge is 0.490 e. The Bertz CT molecular complexity index is 732. The van der Waals surface area contributed by atoms with Crippen molar-refractivity contribution in [1.82, 2.24) is 14.7 Å². The topological polar surface area (TPSA) is 67.6 Å². The third kappa shape index (κ3) is 6.05. The molecule has 0 saturated heterocycles. The van der Waals surface area contributed by atoms with E-state index >= 15 is 0 Å². The van der Waals surface area contributed by atoms with Crippen molar-refractivity contribution in [2.24, 2.45) is 7.05 Å². The standard InChI is InChI=1S/C15H21N3OS.C2HF3O2/c1-3-19-11-12-8-18(9-13-5-4-6-20-13)10-15-14(12)7-16-17(15)2;3-2(4,5)1(6)7/h4-7,12H,3,8-11H2,1-2H3;(H,6,7). The van der Waals surface area contributed by atoms with Crippen molar-refractivity contribution in [1.29, 1.82) is 0 Å². The molecule has 3 heterocycles. The fourth-order valence-electron chi connectivity index (χ4n) is 2.85. The molecule has 1 atom stereocenters. The Balaban J connectivity index is 0.000000321. The fourth-order valence-corrected chi connectivity index (χ4v) is 3.59. The number of carboxylic acid groups (broad SMARTS) is 1. The number of rotatable bonds is 5. The van der Waals surface area contributed by atoms with Crippen LogP contribution in [-0.2, 0) is 29.7 Å². The van der Waals surface area contributed by atoms with Gasteiger partial charge in [-0.15, -0.1) is 11.3 Å².